The zero-order valence-corrected chi connectivity index (χ0v) is 11.8. The highest BCUT2D eigenvalue weighted by Crippen LogP contribution is 2.24. The molecule has 3 rings (SSSR count). The van der Waals surface area contributed by atoms with Gasteiger partial charge in [0.05, 0.1) is 0 Å². The van der Waals surface area contributed by atoms with Gasteiger partial charge in [0.25, 0.3) is 0 Å². The summed E-state index contributed by atoms with van der Waals surface area (Å²) in [7, 11) is 0. The molecule has 19 heavy (non-hydrogen) atoms. The highest BCUT2D eigenvalue weighted by Gasteiger charge is 2.17. The first kappa shape index (κ1) is 12.5. The minimum absolute atomic E-state index is 0.531. The number of aryl methyl sites for hydroxylation is 1. The van der Waals surface area contributed by atoms with E-state index in [0.29, 0.717) is 6.04 Å². The van der Waals surface area contributed by atoms with Gasteiger partial charge in [-0.1, -0.05) is 19.8 Å². The predicted molar refractivity (Wildman–Crippen MR) is 77.4 cm³/mol. The molecule has 2 atom stereocenters. The van der Waals surface area contributed by atoms with Gasteiger partial charge < -0.3 is 5.32 Å². The smallest absolute Gasteiger partial charge is 0.243 e. The number of pyridine rings is 1. The fourth-order valence-electron chi connectivity index (χ4n) is 2.86. The molecule has 1 N–H and O–H groups in total. The summed E-state index contributed by atoms with van der Waals surface area (Å²) in [4.78, 5) is 4.56. The molecule has 2 aromatic rings. The van der Waals surface area contributed by atoms with Crippen LogP contribution in [-0.2, 0) is 0 Å². The number of hydrogen-bond acceptors (Lipinski definition) is 3. The van der Waals surface area contributed by atoms with Crippen LogP contribution in [0.4, 0.5) is 5.95 Å². The molecule has 2 unspecified atom stereocenters. The van der Waals surface area contributed by atoms with Crippen LogP contribution < -0.4 is 5.32 Å². The van der Waals surface area contributed by atoms with E-state index in [0.717, 1.165) is 17.5 Å². The van der Waals surface area contributed by atoms with E-state index in [4.69, 9.17) is 0 Å². The lowest BCUT2D eigenvalue weighted by Crippen LogP contribution is -2.19. The number of hydrogen-bond donors (Lipinski definition) is 1. The van der Waals surface area contributed by atoms with Gasteiger partial charge in [-0.3, -0.25) is 0 Å². The zero-order valence-electron chi connectivity index (χ0n) is 11.8. The van der Waals surface area contributed by atoms with E-state index >= 15 is 0 Å². The van der Waals surface area contributed by atoms with Crippen LogP contribution in [-0.4, -0.2) is 20.6 Å². The molecule has 4 heteroatoms. The van der Waals surface area contributed by atoms with Crippen LogP contribution >= 0.6 is 0 Å². The monoisotopic (exact) mass is 258 g/mol. The SMILES string of the molecule is Cc1ccn2nc(NC3CCCC(C)CC3)nc2c1. The van der Waals surface area contributed by atoms with E-state index in [1.807, 2.05) is 10.7 Å². The van der Waals surface area contributed by atoms with Crippen molar-refractivity contribution in [3.05, 3.63) is 23.9 Å². The molecule has 0 aromatic carbocycles. The Kier molecular flexibility index (Phi) is 3.40. The second-order valence-corrected chi connectivity index (χ2v) is 5.90. The quantitative estimate of drug-likeness (QED) is 0.839. The Morgan fingerprint density at radius 2 is 2.16 bits per heavy atom. The van der Waals surface area contributed by atoms with Crippen molar-refractivity contribution in [3.8, 4) is 0 Å². The summed E-state index contributed by atoms with van der Waals surface area (Å²) in [6.45, 7) is 4.43. The number of rotatable bonds is 2. The van der Waals surface area contributed by atoms with Crippen LogP contribution in [0, 0.1) is 12.8 Å². The third-order valence-electron chi connectivity index (χ3n) is 4.08. The number of nitrogens with one attached hydrogen (secondary N) is 1. The Balaban J connectivity index is 1.73. The molecular formula is C15H22N4. The average Bonchev–Trinajstić information content (AvgIpc) is 2.65. The molecule has 0 radical (unpaired) electrons. The van der Waals surface area contributed by atoms with Gasteiger partial charge in [0, 0.05) is 12.2 Å². The summed E-state index contributed by atoms with van der Waals surface area (Å²) in [5.41, 5.74) is 2.14. The van der Waals surface area contributed by atoms with Crippen LogP contribution in [0.1, 0.15) is 44.6 Å². The lowest BCUT2D eigenvalue weighted by molar-refractivity contribution is 0.501. The molecular weight excluding hydrogens is 236 g/mol. The van der Waals surface area contributed by atoms with Gasteiger partial charge in [-0.15, -0.1) is 5.10 Å². The van der Waals surface area contributed by atoms with Gasteiger partial charge in [-0.2, -0.15) is 4.98 Å². The Morgan fingerprint density at radius 3 is 3.05 bits per heavy atom. The van der Waals surface area contributed by atoms with Crippen LogP contribution in [0.15, 0.2) is 18.3 Å². The minimum atomic E-state index is 0.531. The average molecular weight is 258 g/mol. The molecule has 0 bridgehead atoms. The second kappa shape index (κ2) is 5.19. The third kappa shape index (κ3) is 2.88. The summed E-state index contributed by atoms with van der Waals surface area (Å²) in [6.07, 6.45) is 8.41. The molecule has 1 fully saturated rings. The van der Waals surface area contributed by atoms with E-state index in [1.54, 1.807) is 0 Å². The van der Waals surface area contributed by atoms with Gasteiger partial charge in [0.15, 0.2) is 5.65 Å². The van der Waals surface area contributed by atoms with Crippen molar-refractivity contribution in [1.82, 2.24) is 14.6 Å². The summed E-state index contributed by atoms with van der Waals surface area (Å²) in [5, 5.41) is 8.00. The number of aromatic nitrogens is 3. The summed E-state index contributed by atoms with van der Waals surface area (Å²) < 4.78 is 1.84. The minimum Gasteiger partial charge on any atom is -0.350 e. The summed E-state index contributed by atoms with van der Waals surface area (Å²) in [5.74, 6) is 1.63. The van der Waals surface area contributed by atoms with Crippen LogP contribution in [0.3, 0.4) is 0 Å². The normalized spacial score (nSPS) is 24.3. The Hall–Kier alpha value is -1.58. The molecule has 102 valence electrons. The predicted octanol–water partition coefficient (Wildman–Crippen LogP) is 3.42. The highest BCUT2D eigenvalue weighted by atomic mass is 15.3. The van der Waals surface area contributed by atoms with Crippen LogP contribution in [0.25, 0.3) is 5.65 Å². The van der Waals surface area contributed by atoms with Crippen molar-refractivity contribution in [1.29, 1.82) is 0 Å². The van der Waals surface area contributed by atoms with Crippen LogP contribution in [0.2, 0.25) is 0 Å². The maximum Gasteiger partial charge on any atom is 0.243 e. The maximum absolute atomic E-state index is 4.56. The van der Waals surface area contributed by atoms with Crippen molar-refractivity contribution >= 4 is 11.6 Å². The topological polar surface area (TPSA) is 42.2 Å². The Bertz CT molecular complexity index is 560. The molecule has 0 amide bonds. The molecule has 0 saturated heterocycles. The van der Waals surface area contributed by atoms with E-state index in [2.05, 4.69) is 41.4 Å². The van der Waals surface area contributed by atoms with Gasteiger partial charge in [0.1, 0.15) is 0 Å². The third-order valence-corrected chi connectivity index (χ3v) is 4.08. The maximum atomic E-state index is 4.56. The second-order valence-electron chi connectivity index (χ2n) is 5.90. The molecule has 0 aliphatic heterocycles. The molecule has 2 aromatic heterocycles. The fourth-order valence-corrected chi connectivity index (χ4v) is 2.86. The Morgan fingerprint density at radius 1 is 1.26 bits per heavy atom. The number of nitrogens with zero attached hydrogens (tertiary/aromatic N) is 3. The van der Waals surface area contributed by atoms with Gasteiger partial charge in [-0.25, -0.2) is 4.52 Å². The lowest BCUT2D eigenvalue weighted by Gasteiger charge is -2.14. The first-order valence-corrected chi connectivity index (χ1v) is 7.30. The summed E-state index contributed by atoms with van der Waals surface area (Å²) in [6, 6.07) is 4.65. The first-order chi connectivity index (χ1) is 9.20. The summed E-state index contributed by atoms with van der Waals surface area (Å²) >= 11 is 0. The molecule has 1 aliphatic carbocycles. The van der Waals surface area contributed by atoms with E-state index < -0.39 is 0 Å². The molecule has 1 saturated carbocycles. The van der Waals surface area contributed by atoms with E-state index in [9.17, 15) is 0 Å². The largest absolute Gasteiger partial charge is 0.350 e. The van der Waals surface area contributed by atoms with Crippen LogP contribution in [0.5, 0.6) is 0 Å². The van der Waals surface area contributed by atoms with E-state index in [1.165, 1.54) is 37.7 Å². The van der Waals surface area contributed by atoms with Crippen molar-refractivity contribution in [2.75, 3.05) is 5.32 Å². The first-order valence-electron chi connectivity index (χ1n) is 7.30. The lowest BCUT2D eigenvalue weighted by atomic mass is 10.0. The van der Waals surface area contributed by atoms with Gasteiger partial charge in [0.2, 0.25) is 5.95 Å². The Labute approximate surface area is 114 Å². The fraction of sp³-hybridized carbons (Fsp3) is 0.600. The van der Waals surface area contributed by atoms with Gasteiger partial charge >= 0.3 is 0 Å². The highest BCUT2D eigenvalue weighted by molar-refractivity contribution is 5.45. The molecule has 4 nitrogen and oxygen atoms in total. The number of anilines is 1. The van der Waals surface area contributed by atoms with Crippen molar-refractivity contribution in [2.24, 2.45) is 5.92 Å². The van der Waals surface area contributed by atoms with Crippen molar-refractivity contribution in [2.45, 2.75) is 52.0 Å². The van der Waals surface area contributed by atoms with E-state index in [-0.39, 0.29) is 0 Å². The number of fused-ring (bicyclic) bond motifs is 1. The standard InChI is InChI=1S/C15H22N4/c1-11-4-3-5-13(7-6-11)16-15-17-14-10-12(2)8-9-19(14)18-15/h8-11,13H,3-7H2,1-2H3,(H,16,18). The molecule has 0 spiro atoms. The van der Waals surface area contributed by atoms with Crippen molar-refractivity contribution in [3.63, 3.8) is 0 Å². The van der Waals surface area contributed by atoms with Crippen molar-refractivity contribution < 1.29 is 0 Å². The molecule has 1 aliphatic rings. The molecule has 2 heterocycles. The zero-order chi connectivity index (χ0) is 13.2. The van der Waals surface area contributed by atoms with Gasteiger partial charge in [-0.05, 0) is 49.8 Å².